The SMILES string of the molecule is CCC(C(C)=O)N(C(=O)OC(C)(C)C)C(=O)OC(C)(C)C. The number of amides is 2. The third-order valence-corrected chi connectivity index (χ3v) is 2.35. The number of rotatable bonds is 3. The van der Waals surface area contributed by atoms with E-state index in [1.165, 1.54) is 6.92 Å². The van der Waals surface area contributed by atoms with E-state index >= 15 is 0 Å². The zero-order valence-electron chi connectivity index (χ0n) is 14.3. The Morgan fingerprint density at radius 3 is 1.43 bits per heavy atom. The fraction of sp³-hybridized carbons (Fsp3) is 0.800. The number of hydrogen-bond acceptors (Lipinski definition) is 5. The van der Waals surface area contributed by atoms with Crippen LogP contribution >= 0.6 is 0 Å². The lowest BCUT2D eigenvalue weighted by atomic mass is 10.1. The highest BCUT2D eigenvalue weighted by molar-refractivity contribution is 5.95. The fourth-order valence-electron chi connectivity index (χ4n) is 1.60. The Kier molecular flexibility index (Phi) is 6.39. The normalized spacial score (nSPS) is 13.3. The minimum Gasteiger partial charge on any atom is -0.443 e. The van der Waals surface area contributed by atoms with E-state index in [0.29, 0.717) is 6.42 Å². The molecular weight excluding hydrogens is 274 g/mol. The number of ether oxygens (including phenoxy) is 2. The molecule has 0 spiro atoms. The molecule has 0 saturated heterocycles. The van der Waals surface area contributed by atoms with Crippen molar-refractivity contribution in [1.82, 2.24) is 4.90 Å². The summed E-state index contributed by atoms with van der Waals surface area (Å²) in [6.07, 6.45) is -1.45. The van der Waals surface area contributed by atoms with Crippen LogP contribution in [0.25, 0.3) is 0 Å². The summed E-state index contributed by atoms with van der Waals surface area (Å²) in [7, 11) is 0. The van der Waals surface area contributed by atoms with Crippen LogP contribution in [0.15, 0.2) is 0 Å². The third-order valence-electron chi connectivity index (χ3n) is 2.35. The van der Waals surface area contributed by atoms with Crippen LogP contribution in [-0.2, 0) is 14.3 Å². The first-order valence-electron chi connectivity index (χ1n) is 7.04. The number of carbonyl (C=O) groups is 3. The molecule has 0 N–H and O–H groups in total. The average Bonchev–Trinajstić information content (AvgIpc) is 2.19. The largest absolute Gasteiger partial charge is 0.443 e. The first-order valence-corrected chi connectivity index (χ1v) is 7.04. The van der Waals surface area contributed by atoms with Crippen LogP contribution < -0.4 is 0 Å². The summed E-state index contributed by atoms with van der Waals surface area (Å²) in [4.78, 5) is 36.9. The van der Waals surface area contributed by atoms with E-state index in [4.69, 9.17) is 9.47 Å². The molecule has 0 fully saturated rings. The molecule has 0 aromatic heterocycles. The predicted octanol–water partition coefficient (Wildman–Crippen LogP) is 3.53. The number of ketones is 1. The van der Waals surface area contributed by atoms with Crippen molar-refractivity contribution in [3.63, 3.8) is 0 Å². The van der Waals surface area contributed by atoms with Gasteiger partial charge in [-0.25, -0.2) is 14.5 Å². The van der Waals surface area contributed by atoms with Gasteiger partial charge in [0, 0.05) is 0 Å². The van der Waals surface area contributed by atoms with Crippen LogP contribution in [-0.4, -0.2) is 40.1 Å². The van der Waals surface area contributed by atoms with Gasteiger partial charge in [0.15, 0.2) is 5.78 Å². The minimum atomic E-state index is -0.894. The molecule has 0 saturated carbocycles. The van der Waals surface area contributed by atoms with Gasteiger partial charge in [0.25, 0.3) is 0 Å². The molecule has 0 aromatic rings. The van der Waals surface area contributed by atoms with Gasteiger partial charge >= 0.3 is 12.2 Å². The van der Waals surface area contributed by atoms with Crippen LogP contribution in [0, 0.1) is 0 Å². The van der Waals surface area contributed by atoms with Gasteiger partial charge in [0.05, 0.1) is 0 Å². The number of hydrogen-bond donors (Lipinski definition) is 0. The van der Waals surface area contributed by atoms with Gasteiger partial charge in [-0.15, -0.1) is 0 Å². The summed E-state index contributed by atoms with van der Waals surface area (Å²) in [5, 5.41) is 0. The Labute approximate surface area is 126 Å². The van der Waals surface area contributed by atoms with E-state index in [2.05, 4.69) is 0 Å². The molecule has 0 aliphatic heterocycles. The van der Waals surface area contributed by atoms with E-state index < -0.39 is 29.4 Å². The van der Waals surface area contributed by atoms with Crippen molar-refractivity contribution in [2.75, 3.05) is 0 Å². The Bertz CT molecular complexity index is 375. The van der Waals surface area contributed by atoms with Gasteiger partial charge in [-0.05, 0) is 54.9 Å². The highest BCUT2D eigenvalue weighted by atomic mass is 16.6. The van der Waals surface area contributed by atoms with Crippen molar-refractivity contribution in [3.8, 4) is 0 Å². The average molecular weight is 301 g/mol. The molecule has 21 heavy (non-hydrogen) atoms. The lowest BCUT2D eigenvalue weighted by Gasteiger charge is -2.32. The molecule has 2 amide bonds. The predicted molar refractivity (Wildman–Crippen MR) is 79.1 cm³/mol. The van der Waals surface area contributed by atoms with Crippen molar-refractivity contribution in [2.24, 2.45) is 0 Å². The molecule has 0 heterocycles. The van der Waals surface area contributed by atoms with Crippen LogP contribution in [0.4, 0.5) is 9.59 Å². The Balaban J connectivity index is 5.42. The summed E-state index contributed by atoms with van der Waals surface area (Å²) >= 11 is 0. The van der Waals surface area contributed by atoms with Crippen molar-refractivity contribution in [3.05, 3.63) is 0 Å². The maximum atomic E-state index is 12.2. The number of nitrogens with zero attached hydrogens (tertiary/aromatic N) is 1. The van der Waals surface area contributed by atoms with E-state index in [1.807, 2.05) is 0 Å². The molecule has 0 rings (SSSR count). The van der Waals surface area contributed by atoms with Crippen molar-refractivity contribution in [1.29, 1.82) is 0 Å². The van der Waals surface area contributed by atoms with Crippen LogP contribution in [0.1, 0.15) is 61.8 Å². The number of imide groups is 1. The number of Topliss-reactive ketones (excluding diaryl/α,β-unsaturated/α-hetero) is 1. The van der Waals surface area contributed by atoms with Crippen LogP contribution in [0.5, 0.6) is 0 Å². The van der Waals surface area contributed by atoms with Gasteiger partial charge in [-0.3, -0.25) is 4.79 Å². The fourth-order valence-corrected chi connectivity index (χ4v) is 1.60. The molecule has 1 atom stereocenters. The van der Waals surface area contributed by atoms with Gasteiger partial charge in [-0.1, -0.05) is 6.92 Å². The quantitative estimate of drug-likeness (QED) is 0.797. The van der Waals surface area contributed by atoms with Crippen molar-refractivity contribution < 1.29 is 23.9 Å². The Morgan fingerprint density at radius 1 is 0.905 bits per heavy atom. The van der Waals surface area contributed by atoms with Gasteiger partial charge in [-0.2, -0.15) is 0 Å². The second-order valence-corrected chi connectivity index (χ2v) is 6.87. The Morgan fingerprint density at radius 2 is 1.24 bits per heavy atom. The molecule has 6 nitrogen and oxygen atoms in total. The highest BCUT2D eigenvalue weighted by Gasteiger charge is 2.37. The highest BCUT2D eigenvalue weighted by Crippen LogP contribution is 2.18. The van der Waals surface area contributed by atoms with Crippen molar-refractivity contribution >= 4 is 18.0 Å². The van der Waals surface area contributed by atoms with Crippen LogP contribution in [0.2, 0.25) is 0 Å². The molecule has 122 valence electrons. The molecule has 0 aliphatic rings. The minimum absolute atomic E-state index is 0.297. The molecule has 0 aromatic carbocycles. The molecule has 6 heteroatoms. The van der Waals surface area contributed by atoms with Crippen molar-refractivity contribution in [2.45, 2.75) is 79.1 Å². The lowest BCUT2D eigenvalue weighted by molar-refractivity contribution is -0.122. The smallest absolute Gasteiger partial charge is 0.420 e. The van der Waals surface area contributed by atoms with Gasteiger partial charge in [0.1, 0.15) is 17.2 Å². The summed E-state index contributed by atoms with van der Waals surface area (Å²) < 4.78 is 10.4. The molecule has 1 unspecified atom stereocenters. The monoisotopic (exact) mass is 301 g/mol. The van der Waals surface area contributed by atoms with Gasteiger partial charge in [0.2, 0.25) is 0 Å². The maximum Gasteiger partial charge on any atom is 0.420 e. The molecule has 0 aliphatic carbocycles. The summed E-state index contributed by atoms with van der Waals surface area (Å²) in [5.74, 6) is -0.297. The molecule has 0 radical (unpaired) electrons. The van der Waals surface area contributed by atoms with E-state index in [0.717, 1.165) is 4.90 Å². The second kappa shape index (κ2) is 6.91. The first-order chi connectivity index (χ1) is 9.28. The summed E-state index contributed by atoms with van der Waals surface area (Å²) in [6.45, 7) is 13.2. The maximum absolute atomic E-state index is 12.2. The number of carbonyl (C=O) groups excluding carboxylic acids is 3. The van der Waals surface area contributed by atoms with E-state index in [9.17, 15) is 14.4 Å². The summed E-state index contributed by atoms with van der Waals surface area (Å²) in [5.41, 5.74) is -1.54. The standard InChI is InChI=1S/C15H27NO5/c1-9-11(10(2)17)16(12(18)20-14(3,4)5)13(19)21-15(6,7)8/h11H,9H2,1-8H3. The zero-order chi connectivity index (χ0) is 17.0. The van der Waals surface area contributed by atoms with E-state index in [1.54, 1.807) is 48.5 Å². The lowest BCUT2D eigenvalue weighted by Crippen LogP contribution is -2.51. The second-order valence-electron chi connectivity index (χ2n) is 6.87. The first kappa shape index (κ1) is 19.4. The summed E-state index contributed by atoms with van der Waals surface area (Å²) in [6, 6.07) is -0.894. The van der Waals surface area contributed by atoms with Crippen LogP contribution in [0.3, 0.4) is 0 Å². The van der Waals surface area contributed by atoms with E-state index in [-0.39, 0.29) is 5.78 Å². The molecular formula is C15H27NO5. The Hall–Kier alpha value is -1.59. The third kappa shape index (κ3) is 7.11. The molecule has 0 bridgehead atoms. The van der Waals surface area contributed by atoms with Gasteiger partial charge < -0.3 is 9.47 Å². The topological polar surface area (TPSA) is 72.9 Å². The zero-order valence-corrected chi connectivity index (χ0v) is 14.3.